The van der Waals surface area contributed by atoms with Crippen molar-refractivity contribution in [3.05, 3.63) is 67.6 Å². The summed E-state index contributed by atoms with van der Waals surface area (Å²) in [6.45, 7) is 0. The largest absolute Gasteiger partial charge is 0.495 e. The zero-order chi connectivity index (χ0) is 19.1. The lowest BCUT2D eigenvalue weighted by Crippen LogP contribution is -2.04. The van der Waals surface area contributed by atoms with E-state index in [0.717, 1.165) is 15.6 Å². The lowest BCUT2D eigenvalue weighted by molar-refractivity contribution is -0.129. The normalized spacial score (nSPS) is 15.3. The minimum Gasteiger partial charge on any atom is -0.495 e. The molecule has 0 unspecified atom stereocenters. The second-order valence-electron chi connectivity index (χ2n) is 5.59. The predicted octanol–water partition coefficient (Wildman–Crippen LogP) is 6.21. The van der Waals surface area contributed by atoms with Crippen LogP contribution in [0.2, 0.25) is 15.1 Å². The number of thiophene rings is 1. The minimum atomic E-state index is -0.544. The van der Waals surface area contributed by atoms with Gasteiger partial charge in [-0.3, -0.25) is 0 Å². The number of carbonyl (C=O) groups excluding carboxylic acids is 1. The first-order valence-corrected chi connectivity index (χ1v) is 9.66. The molecule has 3 aromatic rings. The van der Waals surface area contributed by atoms with Gasteiger partial charge in [0.2, 0.25) is 5.90 Å². The molecular formula is C19H10Cl3NO3S. The number of fused-ring (bicyclic) bond motifs is 1. The number of hydrogen-bond donors (Lipinski definition) is 0. The number of ether oxygens (including phenoxy) is 2. The van der Waals surface area contributed by atoms with Crippen molar-refractivity contribution >= 4 is 74.2 Å². The molecule has 0 saturated carbocycles. The highest BCUT2D eigenvalue weighted by Crippen LogP contribution is 2.44. The van der Waals surface area contributed by atoms with Gasteiger partial charge in [0.15, 0.2) is 5.70 Å². The van der Waals surface area contributed by atoms with Crippen LogP contribution in [-0.2, 0) is 9.53 Å². The fourth-order valence-electron chi connectivity index (χ4n) is 2.60. The number of halogens is 3. The number of benzene rings is 2. The van der Waals surface area contributed by atoms with Crippen LogP contribution in [-0.4, -0.2) is 19.0 Å². The quantitative estimate of drug-likeness (QED) is 0.360. The average Bonchev–Trinajstić information content (AvgIpc) is 3.18. The van der Waals surface area contributed by atoms with Gasteiger partial charge in [-0.1, -0.05) is 46.9 Å². The lowest BCUT2D eigenvalue weighted by atomic mass is 10.2. The van der Waals surface area contributed by atoms with Gasteiger partial charge < -0.3 is 9.47 Å². The smallest absolute Gasteiger partial charge is 0.363 e. The van der Waals surface area contributed by atoms with Gasteiger partial charge in [-0.05, 0) is 35.9 Å². The molecule has 0 amide bonds. The Labute approximate surface area is 173 Å². The number of aliphatic imine (C=N–C) groups is 1. The standard InChI is InChI=1S/C19H10Cl3NO3S/c1-25-13-7-6-11-14(21)17(27-16(11)15(13)22)18-23-12(19(24)26-18)8-9-2-4-10(20)5-3-9/h2-8H,1H3/b12-8-. The third-order valence-electron chi connectivity index (χ3n) is 3.91. The minimum absolute atomic E-state index is 0.154. The highest BCUT2D eigenvalue weighted by molar-refractivity contribution is 7.22. The van der Waals surface area contributed by atoms with Gasteiger partial charge in [0.05, 0.1) is 16.8 Å². The van der Waals surface area contributed by atoms with Crippen molar-refractivity contribution in [3.63, 3.8) is 0 Å². The zero-order valence-electron chi connectivity index (χ0n) is 13.8. The Bertz CT molecular complexity index is 1130. The van der Waals surface area contributed by atoms with Gasteiger partial charge in [0, 0.05) is 10.4 Å². The first-order valence-electron chi connectivity index (χ1n) is 7.71. The summed E-state index contributed by atoms with van der Waals surface area (Å²) < 4.78 is 11.3. The first-order chi connectivity index (χ1) is 13.0. The molecule has 136 valence electrons. The SMILES string of the molecule is COc1ccc2c(Cl)c(C3=N/C(=C\c4ccc(Cl)cc4)C(=O)O3)sc2c1Cl. The molecule has 0 saturated heterocycles. The zero-order valence-corrected chi connectivity index (χ0v) is 16.8. The van der Waals surface area contributed by atoms with Gasteiger partial charge in [-0.2, -0.15) is 0 Å². The molecule has 1 aliphatic heterocycles. The third-order valence-corrected chi connectivity index (χ3v) is 6.36. The average molecular weight is 439 g/mol. The van der Waals surface area contributed by atoms with E-state index < -0.39 is 5.97 Å². The van der Waals surface area contributed by atoms with Gasteiger partial charge in [0.25, 0.3) is 0 Å². The van der Waals surface area contributed by atoms with Crippen LogP contribution in [0, 0.1) is 0 Å². The molecule has 0 fully saturated rings. The van der Waals surface area contributed by atoms with Crippen LogP contribution in [0.1, 0.15) is 10.4 Å². The van der Waals surface area contributed by atoms with E-state index in [4.69, 9.17) is 44.3 Å². The van der Waals surface area contributed by atoms with E-state index in [1.54, 1.807) is 43.5 Å². The van der Waals surface area contributed by atoms with Crippen molar-refractivity contribution in [1.29, 1.82) is 0 Å². The van der Waals surface area contributed by atoms with Crippen molar-refractivity contribution in [1.82, 2.24) is 0 Å². The highest BCUT2D eigenvalue weighted by atomic mass is 35.5. The Morgan fingerprint density at radius 3 is 2.52 bits per heavy atom. The topological polar surface area (TPSA) is 47.9 Å². The third kappa shape index (κ3) is 3.32. The van der Waals surface area contributed by atoms with Crippen LogP contribution in [0.15, 0.2) is 47.1 Å². The van der Waals surface area contributed by atoms with Crippen LogP contribution < -0.4 is 4.74 Å². The molecule has 8 heteroatoms. The van der Waals surface area contributed by atoms with Crippen molar-refractivity contribution in [2.75, 3.05) is 7.11 Å². The van der Waals surface area contributed by atoms with E-state index in [9.17, 15) is 4.79 Å². The van der Waals surface area contributed by atoms with E-state index in [-0.39, 0.29) is 11.6 Å². The summed E-state index contributed by atoms with van der Waals surface area (Å²) in [4.78, 5) is 17.1. The monoisotopic (exact) mass is 437 g/mol. The van der Waals surface area contributed by atoms with Crippen molar-refractivity contribution in [3.8, 4) is 5.75 Å². The van der Waals surface area contributed by atoms with E-state index >= 15 is 0 Å². The summed E-state index contributed by atoms with van der Waals surface area (Å²) >= 11 is 20.0. The van der Waals surface area contributed by atoms with Crippen molar-refractivity contribution in [2.24, 2.45) is 4.99 Å². The van der Waals surface area contributed by atoms with E-state index in [2.05, 4.69) is 4.99 Å². The molecule has 27 heavy (non-hydrogen) atoms. The van der Waals surface area contributed by atoms with E-state index in [0.29, 0.717) is 25.7 Å². The molecule has 1 aromatic heterocycles. The maximum Gasteiger partial charge on any atom is 0.363 e. The summed E-state index contributed by atoms with van der Waals surface area (Å²) in [5, 5.41) is 2.24. The number of nitrogens with zero attached hydrogens (tertiary/aromatic N) is 1. The maximum absolute atomic E-state index is 12.2. The molecule has 1 aliphatic rings. The number of methoxy groups -OCH3 is 1. The van der Waals surface area contributed by atoms with Gasteiger partial charge in [-0.15, -0.1) is 11.3 Å². The van der Waals surface area contributed by atoms with Crippen LogP contribution in [0.4, 0.5) is 0 Å². The number of cyclic esters (lactones) is 1. The summed E-state index contributed by atoms with van der Waals surface area (Å²) in [7, 11) is 1.54. The molecule has 0 bridgehead atoms. The molecule has 0 spiro atoms. The molecule has 0 atom stereocenters. The molecule has 4 nitrogen and oxygen atoms in total. The second-order valence-corrected chi connectivity index (χ2v) is 7.80. The van der Waals surface area contributed by atoms with Crippen LogP contribution in [0.3, 0.4) is 0 Å². The molecule has 2 aromatic carbocycles. The number of esters is 1. The lowest BCUT2D eigenvalue weighted by Gasteiger charge is -2.02. The molecule has 0 N–H and O–H groups in total. The van der Waals surface area contributed by atoms with Crippen LogP contribution >= 0.6 is 46.1 Å². The summed E-state index contributed by atoms with van der Waals surface area (Å²) in [6.07, 6.45) is 1.63. The van der Waals surface area contributed by atoms with Crippen molar-refractivity contribution in [2.45, 2.75) is 0 Å². The summed E-state index contributed by atoms with van der Waals surface area (Å²) in [5.41, 5.74) is 0.969. The number of hydrogen-bond acceptors (Lipinski definition) is 5. The van der Waals surface area contributed by atoms with Crippen LogP contribution in [0.25, 0.3) is 16.2 Å². The molecule has 2 heterocycles. The Morgan fingerprint density at radius 1 is 1.07 bits per heavy atom. The fourth-order valence-corrected chi connectivity index (χ4v) is 4.54. The fraction of sp³-hybridized carbons (Fsp3) is 0.0526. The van der Waals surface area contributed by atoms with Crippen molar-refractivity contribution < 1.29 is 14.3 Å². The summed E-state index contributed by atoms with van der Waals surface area (Å²) in [6, 6.07) is 10.6. The highest BCUT2D eigenvalue weighted by Gasteiger charge is 2.28. The molecular weight excluding hydrogens is 429 g/mol. The van der Waals surface area contributed by atoms with Gasteiger partial charge in [0.1, 0.15) is 15.6 Å². The van der Waals surface area contributed by atoms with E-state index in [1.165, 1.54) is 11.3 Å². The summed E-state index contributed by atoms with van der Waals surface area (Å²) in [5.74, 6) is 0.154. The van der Waals surface area contributed by atoms with Crippen LogP contribution in [0.5, 0.6) is 5.75 Å². The number of rotatable bonds is 3. The predicted molar refractivity (Wildman–Crippen MR) is 110 cm³/mol. The number of carbonyl (C=O) groups is 1. The molecule has 4 rings (SSSR count). The molecule has 0 aliphatic carbocycles. The Kier molecular flexibility index (Phi) is 4.86. The maximum atomic E-state index is 12.2. The Balaban J connectivity index is 1.77. The van der Waals surface area contributed by atoms with Gasteiger partial charge in [-0.25, -0.2) is 9.79 Å². The second kappa shape index (κ2) is 7.17. The Morgan fingerprint density at radius 2 is 1.81 bits per heavy atom. The van der Waals surface area contributed by atoms with Gasteiger partial charge >= 0.3 is 5.97 Å². The molecule has 0 radical (unpaired) electrons. The van der Waals surface area contributed by atoms with E-state index in [1.807, 2.05) is 6.07 Å². The first kappa shape index (κ1) is 18.3. The Hall–Kier alpha value is -2.05.